The van der Waals surface area contributed by atoms with Crippen LogP contribution in [0.5, 0.6) is 0 Å². The zero-order valence-electron chi connectivity index (χ0n) is 10.1. The minimum atomic E-state index is 0.599. The second-order valence-corrected chi connectivity index (χ2v) is 4.82. The van der Waals surface area contributed by atoms with E-state index in [2.05, 4.69) is 27.1 Å². The molecule has 92 valence electrons. The van der Waals surface area contributed by atoms with Crippen LogP contribution in [0.1, 0.15) is 13.3 Å². The molecule has 3 rings (SSSR count). The molecule has 0 spiro atoms. The molecule has 2 atom stereocenters. The first-order valence-electron chi connectivity index (χ1n) is 6.24. The number of aromatic nitrogens is 2. The van der Waals surface area contributed by atoms with E-state index in [1.807, 2.05) is 6.07 Å². The summed E-state index contributed by atoms with van der Waals surface area (Å²) in [6, 6.07) is 2.64. The Hall–Kier alpha value is -1.36. The van der Waals surface area contributed by atoms with Gasteiger partial charge in [0.1, 0.15) is 18.0 Å². The van der Waals surface area contributed by atoms with E-state index >= 15 is 0 Å². The average Bonchev–Trinajstić information content (AvgIpc) is 3.06. The van der Waals surface area contributed by atoms with Gasteiger partial charge in [-0.1, -0.05) is 6.92 Å². The van der Waals surface area contributed by atoms with Crippen molar-refractivity contribution in [1.82, 2.24) is 9.97 Å². The van der Waals surface area contributed by atoms with Gasteiger partial charge in [0.15, 0.2) is 0 Å². The van der Waals surface area contributed by atoms with Gasteiger partial charge >= 0.3 is 0 Å². The molecule has 0 radical (unpaired) electrons. The number of hydrogen-bond donors (Lipinski definition) is 1. The van der Waals surface area contributed by atoms with E-state index in [0.717, 1.165) is 43.9 Å². The first-order chi connectivity index (χ1) is 8.33. The molecule has 0 aromatic carbocycles. The molecule has 1 aromatic rings. The highest BCUT2D eigenvalue weighted by molar-refractivity contribution is 5.49. The molecule has 1 N–H and O–H groups in total. The Labute approximate surface area is 101 Å². The van der Waals surface area contributed by atoms with E-state index in [0.29, 0.717) is 6.04 Å². The number of hydrogen-bond acceptors (Lipinski definition) is 5. The van der Waals surface area contributed by atoms with Crippen molar-refractivity contribution in [3.8, 4) is 0 Å². The molecule has 0 amide bonds. The van der Waals surface area contributed by atoms with Gasteiger partial charge in [-0.15, -0.1) is 0 Å². The lowest BCUT2D eigenvalue weighted by Crippen LogP contribution is -2.36. The van der Waals surface area contributed by atoms with Crippen LogP contribution in [0, 0.1) is 5.92 Å². The molecule has 17 heavy (non-hydrogen) atoms. The maximum absolute atomic E-state index is 5.34. The van der Waals surface area contributed by atoms with E-state index in [9.17, 15) is 0 Å². The van der Waals surface area contributed by atoms with Crippen LogP contribution in [0.4, 0.5) is 11.6 Å². The van der Waals surface area contributed by atoms with Crippen LogP contribution in [-0.2, 0) is 4.74 Å². The average molecular weight is 234 g/mol. The van der Waals surface area contributed by atoms with Crippen LogP contribution in [0.25, 0.3) is 0 Å². The third-order valence-electron chi connectivity index (χ3n) is 3.43. The van der Waals surface area contributed by atoms with Gasteiger partial charge in [0, 0.05) is 25.2 Å². The molecule has 1 saturated carbocycles. The van der Waals surface area contributed by atoms with Crippen molar-refractivity contribution < 1.29 is 4.74 Å². The summed E-state index contributed by atoms with van der Waals surface area (Å²) in [5.74, 6) is 2.71. The summed E-state index contributed by atoms with van der Waals surface area (Å²) in [4.78, 5) is 10.8. The Kier molecular flexibility index (Phi) is 2.84. The summed E-state index contributed by atoms with van der Waals surface area (Å²) in [7, 11) is 0. The van der Waals surface area contributed by atoms with Crippen molar-refractivity contribution in [3.05, 3.63) is 12.4 Å². The van der Waals surface area contributed by atoms with Crippen LogP contribution in [0.2, 0.25) is 0 Å². The monoisotopic (exact) mass is 234 g/mol. The third-order valence-corrected chi connectivity index (χ3v) is 3.43. The highest BCUT2D eigenvalue weighted by Crippen LogP contribution is 2.32. The number of anilines is 2. The van der Waals surface area contributed by atoms with Crippen molar-refractivity contribution in [2.75, 3.05) is 36.5 Å². The van der Waals surface area contributed by atoms with E-state index < -0.39 is 0 Å². The molecule has 1 aliphatic heterocycles. The molecule has 1 aliphatic carbocycles. The van der Waals surface area contributed by atoms with Crippen LogP contribution in [0.15, 0.2) is 12.4 Å². The molecular weight excluding hydrogens is 216 g/mol. The highest BCUT2D eigenvalue weighted by Gasteiger charge is 2.32. The summed E-state index contributed by atoms with van der Waals surface area (Å²) < 4.78 is 5.34. The minimum absolute atomic E-state index is 0.599. The largest absolute Gasteiger partial charge is 0.378 e. The molecule has 2 heterocycles. The van der Waals surface area contributed by atoms with Gasteiger partial charge < -0.3 is 15.0 Å². The molecule has 1 saturated heterocycles. The Morgan fingerprint density at radius 1 is 1.35 bits per heavy atom. The summed E-state index contributed by atoms with van der Waals surface area (Å²) in [6.45, 7) is 5.65. The maximum Gasteiger partial charge on any atom is 0.134 e. The molecule has 2 fully saturated rings. The SMILES string of the molecule is CC1CC1Nc1cc(N2CCOCC2)ncn1. The lowest BCUT2D eigenvalue weighted by molar-refractivity contribution is 0.122. The van der Waals surface area contributed by atoms with Crippen LogP contribution in [0.3, 0.4) is 0 Å². The third kappa shape index (κ3) is 2.49. The van der Waals surface area contributed by atoms with Crippen molar-refractivity contribution in [3.63, 3.8) is 0 Å². The van der Waals surface area contributed by atoms with Crippen molar-refractivity contribution >= 4 is 11.6 Å². The standard InChI is InChI=1S/C12H18N4O/c1-9-6-10(9)15-11-7-12(14-8-13-11)16-2-4-17-5-3-16/h7-10H,2-6H2,1H3,(H,13,14,15). The van der Waals surface area contributed by atoms with E-state index in [1.165, 1.54) is 6.42 Å². The summed E-state index contributed by atoms with van der Waals surface area (Å²) in [6.07, 6.45) is 2.89. The first kappa shape index (κ1) is 10.8. The zero-order valence-corrected chi connectivity index (χ0v) is 10.1. The molecule has 5 heteroatoms. The Morgan fingerprint density at radius 3 is 2.82 bits per heavy atom. The number of ether oxygens (including phenoxy) is 1. The lowest BCUT2D eigenvalue weighted by Gasteiger charge is -2.27. The second-order valence-electron chi connectivity index (χ2n) is 4.82. The normalized spacial score (nSPS) is 27.9. The Morgan fingerprint density at radius 2 is 2.12 bits per heavy atom. The van der Waals surface area contributed by atoms with Gasteiger partial charge in [0.05, 0.1) is 13.2 Å². The number of nitrogens with one attached hydrogen (secondary N) is 1. The summed E-state index contributed by atoms with van der Waals surface area (Å²) in [5, 5.41) is 3.44. The van der Waals surface area contributed by atoms with Crippen molar-refractivity contribution in [2.45, 2.75) is 19.4 Å². The van der Waals surface area contributed by atoms with Gasteiger partial charge in [-0.2, -0.15) is 0 Å². The number of morpholine rings is 1. The van der Waals surface area contributed by atoms with Crippen LogP contribution < -0.4 is 10.2 Å². The predicted octanol–water partition coefficient (Wildman–Crippen LogP) is 1.13. The second kappa shape index (κ2) is 4.49. The molecule has 1 aromatic heterocycles. The maximum atomic E-state index is 5.34. The molecule has 5 nitrogen and oxygen atoms in total. The first-order valence-corrected chi connectivity index (χ1v) is 6.24. The highest BCUT2D eigenvalue weighted by atomic mass is 16.5. The fourth-order valence-electron chi connectivity index (χ4n) is 2.10. The van der Waals surface area contributed by atoms with E-state index in [4.69, 9.17) is 4.74 Å². The molecule has 2 aliphatic rings. The van der Waals surface area contributed by atoms with Crippen LogP contribution >= 0.6 is 0 Å². The Bertz CT molecular complexity index is 392. The zero-order chi connectivity index (χ0) is 11.7. The molecule has 0 bridgehead atoms. The number of rotatable bonds is 3. The van der Waals surface area contributed by atoms with Crippen LogP contribution in [-0.4, -0.2) is 42.3 Å². The number of nitrogens with zero attached hydrogens (tertiary/aromatic N) is 3. The quantitative estimate of drug-likeness (QED) is 0.849. The van der Waals surface area contributed by atoms with Gasteiger partial charge in [-0.05, 0) is 12.3 Å². The fraction of sp³-hybridized carbons (Fsp3) is 0.667. The summed E-state index contributed by atoms with van der Waals surface area (Å²) in [5.41, 5.74) is 0. The Balaban J connectivity index is 1.69. The lowest BCUT2D eigenvalue weighted by atomic mass is 10.4. The molecular formula is C12H18N4O. The van der Waals surface area contributed by atoms with Crippen molar-refractivity contribution in [1.29, 1.82) is 0 Å². The van der Waals surface area contributed by atoms with Gasteiger partial charge in [0.25, 0.3) is 0 Å². The minimum Gasteiger partial charge on any atom is -0.378 e. The van der Waals surface area contributed by atoms with Crippen molar-refractivity contribution in [2.24, 2.45) is 5.92 Å². The molecule has 2 unspecified atom stereocenters. The summed E-state index contributed by atoms with van der Waals surface area (Å²) >= 11 is 0. The van der Waals surface area contributed by atoms with E-state index in [-0.39, 0.29) is 0 Å². The van der Waals surface area contributed by atoms with E-state index in [1.54, 1.807) is 6.33 Å². The van der Waals surface area contributed by atoms with Gasteiger partial charge in [-0.3, -0.25) is 0 Å². The predicted molar refractivity (Wildman–Crippen MR) is 66.3 cm³/mol. The van der Waals surface area contributed by atoms with Gasteiger partial charge in [-0.25, -0.2) is 9.97 Å². The van der Waals surface area contributed by atoms with Gasteiger partial charge in [0.2, 0.25) is 0 Å². The smallest absolute Gasteiger partial charge is 0.134 e. The topological polar surface area (TPSA) is 50.3 Å². The fourth-order valence-corrected chi connectivity index (χ4v) is 2.10.